The molecule has 1 unspecified atom stereocenters. The van der Waals surface area contributed by atoms with Crippen molar-refractivity contribution in [1.29, 1.82) is 0 Å². The Labute approximate surface area is 134 Å². The number of hydrogen-bond donors (Lipinski definition) is 2. The van der Waals surface area contributed by atoms with Crippen LogP contribution in [0.2, 0.25) is 0 Å². The van der Waals surface area contributed by atoms with Crippen molar-refractivity contribution in [3.8, 4) is 11.5 Å². The molecule has 0 fully saturated rings. The summed E-state index contributed by atoms with van der Waals surface area (Å²) in [5.41, 5.74) is 2.06. The first-order valence-corrected chi connectivity index (χ1v) is 7.72. The maximum absolute atomic E-state index is 9.98. The fraction of sp³-hybridized carbons (Fsp3) is 0.294. The third kappa shape index (κ3) is 4.22. The highest BCUT2D eigenvalue weighted by atomic mass is 79.9. The average Bonchev–Trinajstić information content (AvgIpc) is 2.49. The summed E-state index contributed by atoms with van der Waals surface area (Å²) in [5, 5.41) is 13.4. The standard InChI is InChI=1S/C17H20BrNO2/c1-12(10-13-6-3-4-9-16(13)21-2)19-11-14-7-5-8-15(18)17(14)20/h3-9,12,19-20H,10-11H2,1-2H3. The number of nitrogens with one attached hydrogen (secondary N) is 1. The van der Waals surface area contributed by atoms with Gasteiger partial charge in [0.1, 0.15) is 11.5 Å². The molecule has 2 aromatic rings. The van der Waals surface area contributed by atoms with E-state index in [0.717, 1.165) is 22.2 Å². The van der Waals surface area contributed by atoms with Crippen LogP contribution in [0.1, 0.15) is 18.1 Å². The van der Waals surface area contributed by atoms with E-state index in [1.165, 1.54) is 5.56 Å². The summed E-state index contributed by atoms with van der Waals surface area (Å²) >= 11 is 3.33. The number of aromatic hydroxyl groups is 1. The molecule has 2 aromatic carbocycles. The molecule has 0 saturated carbocycles. The minimum atomic E-state index is 0.277. The first kappa shape index (κ1) is 15.9. The first-order chi connectivity index (χ1) is 10.1. The molecule has 2 rings (SSSR count). The molecule has 2 N–H and O–H groups in total. The van der Waals surface area contributed by atoms with Crippen molar-refractivity contribution in [2.24, 2.45) is 0 Å². The van der Waals surface area contributed by atoms with E-state index < -0.39 is 0 Å². The molecular weight excluding hydrogens is 330 g/mol. The Bertz CT molecular complexity index is 601. The lowest BCUT2D eigenvalue weighted by Crippen LogP contribution is -2.27. The van der Waals surface area contributed by atoms with Gasteiger partial charge < -0.3 is 15.2 Å². The van der Waals surface area contributed by atoms with E-state index in [2.05, 4.69) is 34.2 Å². The van der Waals surface area contributed by atoms with Crippen molar-refractivity contribution in [3.63, 3.8) is 0 Å². The Balaban J connectivity index is 1.96. The van der Waals surface area contributed by atoms with Gasteiger partial charge in [-0.25, -0.2) is 0 Å². The van der Waals surface area contributed by atoms with Crippen LogP contribution in [0.4, 0.5) is 0 Å². The van der Waals surface area contributed by atoms with Gasteiger partial charge in [0.2, 0.25) is 0 Å². The van der Waals surface area contributed by atoms with Gasteiger partial charge in [-0.05, 0) is 47.0 Å². The molecule has 0 aliphatic carbocycles. The Kier molecular flexibility index (Phi) is 5.65. The zero-order chi connectivity index (χ0) is 15.2. The summed E-state index contributed by atoms with van der Waals surface area (Å²) < 4.78 is 6.09. The van der Waals surface area contributed by atoms with Gasteiger partial charge in [0, 0.05) is 18.2 Å². The maximum Gasteiger partial charge on any atom is 0.134 e. The van der Waals surface area contributed by atoms with Crippen LogP contribution in [-0.2, 0) is 13.0 Å². The molecule has 3 nitrogen and oxygen atoms in total. The summed E-state index contributed by atoms with van der Waals surface area (Å²) in [6, 6.07) is 14.0. The van der Waals surface area contributed by atoms with Gasteiger partial charge >= 0.3 is 0 Å². The second kappa shape index (κ2) is 7.48. The first-order valence-electron chi connectivity index (χ1n) is 6.93. The highest BCUT2D eigenvalue weighted by Crippen LogP contribution is 2.27. The van der Waals surface area contributed by atoms with Crippen molar-refractivity contribution in [1.82, 2.24) is 5.32 Å². The second-order valence-corrected chi connectivity index (χ2v) is 5.90. The van der Waals surface area contributed by atoms with Crippen LogP contribution in [0.3, 0.4) is 0 Å². The Morgan fingerprint density at radius 1 is 1.14 bits per heavy atom. The lowest BCUT2D eigenvalue weighted by atomic mass is 10.1. The zero-order valence-corrected chi connectivity index (χ0v) is 13.9. The van der Waals surface area contributed by atoms with Crippen molar-refractivity contribution in [2.45, 2.75) is 25.9 Å². The van der Waals surface area contributed by atoms with Crippen molar-refractivity contribution in [3.05, 3.63) is 58.1 Å². The molecule has 1 atom stereocenters. The molecule has 0 saturated heterocycles. The average molecular weight is 350 g/mol. The van der Waals surface area contributed by atoms with Gasteiger partial charge in [-0.15, -0.1) is 0 Å². The van der Waals surface area contributed by atoms with Crippen molar-refractivity contribution in [2.75, 3.05) is 7.11 Å². The summed E-state index contributed by atoms with van der Waals surface area (Å²) in [4.78, 5) is 0. The summed E-state index contributed by atoms with van der Waals surface area (Å²) in [6.45, 7) is 2.75. The van der Waals surface area contributed by atoms with Gasteiger partial charge in [0.05, 0.1) is 11.6 Å². The van der Waals surface area contributed by atoms with Crippen LogP contribution in [-0.4, -0.2) is 18.3 Å². The minimum absolute atomic E-state index is 0.277. The predicted molar refractivity (Wildman–Crippen MR) is 88.8 cm³/mol. The fourth-order valence-electron chi connectivity index (χ4n) is 2.26. The van der Waals surface area contributed by atoms with Crippen LogP contribution in [0.5, 0.6) is 11.5 Å². The highest BCUT2D eigenvalue weighted by Gasteiger charge is 2.09. The molecule has 0 bridgehead atoms. The van der Waals surface area contributed by atoms with Crippen molar-refractivity contribution < 1.29 is 9.84 Å². The second-order valence-electron chi connectivity index (χ2n) is 5.05. The van der Waals surface area contributed by atoms with Crippen LogP contribution in [0, 0.1) is 0 Å². The number of rotatable bonds is 6. The number of hydrogen-bond acceptors (Lipinski definition) is 3. The number of methoxy groups -OCH3 is 1. The monoisotopic (exact) mass is 349 g/mol. The van der Waals surface area contributed by atoms with E-state index in [4.69, 9.17) is 4.74 Å². The third-order valence-corrected chi connectivity index (χ3v) is 4.07. The SMILES string of the molecule is COc1ccccc1CC(C)NCc1cccc(Br)c1O. The molecule has 0 aliphatic heterocycles. The molecule has 21 heavy (non-hydrogen) atoms. The largest absolute Gasteiger partial charge is 0.506 e. The number of ether oxygens (including phenoxy) is 1. The number of benzene rings is 2. The normalized spacial score (nSPS) is 12.1. The van der Waals surface area contributed by atoms with E-state index in [1.807, 2.05) is 36.4 Å². The van der Waals surface area contributed by atoms with E-state index in [1.54, 1.807) is 7.11 Å². The van der Waals surface area contributed by atoms with E-state index in [0.29, 0.717) is 12.3 Å². The molecule has 0 amide bonds. The van der Waals surface area contributed by atoms with Gasteiger partial charge in [-0.1, -0.05) is 30.3 Å². The number of phenolic OH excluding ortho intramolecular Hbond substituents is 1. The number of phenols is 1. The molecule has 112 valence electrons. The lowest BCUT2D eigenvalue weighted by molar-refractivity contribution is 0.405. The third-order valence-electron chi connectivity index (χ3n) is 3.43. The number of halogens is 1. The van der Waals surface area contributed by atoms with E-state index >= 15 is 0 Å². The molecule has 0 spiro atoms. The van der Waals surface area contributed by atoms with Gasteiger partial charge in [0.25, 0.3) is 0 Å². The summed E-state index contributed by atoms with van der Waals surface area (Å²) in [6.07, 6.45) is 0.874. The predicted octanol–water partition coefficient (Wildman–Crippen LogP) is 3.88. The van der Waals surface area contributed by atoms with Crippen LogP contribution in [0.15, 0.2) is 46.9 Å². The Morgan fingerprint density at radius 2 is 1.86 bits per heavy atom. The smallest absolute Gasteiger partial charge is 0.134 e. The quantitative estimate of drug-likeness (QED) is 0.831. The minimum Gasteiger partial charge on any atom is -0.506 e. The van der Waals surface area contributed by atoms with E-state index in [9.17, 15) is 5.11 Å². The highest BCUT2D eigenvalue weighted by molar-refractivity contribution is 9.10. The Morgan fingerprint density at radius 3 is 2.62 bits per heavy atom. The number of para-hydroxylation sites is 2. The fourth-order valence-corrected chi connectivity index (χ4v) is 2.67. The topological polar surface area (TPSA) is 41.5 Å². The maximum atomic E-state index is 9.98. The Hall–Kier alpha value is -1.52. The van der Waals surface area contributed by atoms with Crippen LogP contribution in [0.25, 0.3) is 0 Å². The molecule has 4 heteroatoms. The van der Waals surface area contributed by atoms with Gasteiger partial charge in [-0.3, -0.25) is 0 Å². The molecule has 0 radical (unpaired) electrons. The molecular formula is C17H20BrNO2. The van der Waals surface area contributed by atoms with E-state index in [-0.39, 0.29) is 6.04 Å². The molecule has 0 heterocycles. The molecule has 0 aliphatic rings. The van der Waals surface area contributed by atoms with Crippen LogP contribution >= 0.6 is 15.9 Å². The van der Waals surface area contributed by atoms with Gasteiger partial charge in [0.15, 0.2) is 0 Å². The summed E-state index contributed by atoms with van der Waals surface area (Å²) in [7, 11) is 1.69. The summed E-state index contributed by atoms with van der Waals surface area (Å²) in [5.74, 6) is 1.21. The molecule has 0 aromatic heterocycles. The lowest BCUT2D eigenvalue weighted by Gasteiger charge is -2.16. The van der Waals surface area contributed by atoms with Crippen molar-refractivity contribution >= 4 is 15.9 Å². The van der Waals surface area contributed by atoms with Crippen LogP contribution < -0.4 is 10.1 Å². The zero-order valence-electron chi connectivity index (χ0n) is 12.3. The van der Waals surface area contributed by atoms with Gasteiger partial charge in [-0.2, -0.15) is 0 Å².